The van der Waals surface area contributed by atoms with Gasteiger partial charge in [0.15, 0.2) is 6.17 Å². The number of amidine groups is 2. The highest BCUT2D eigenvalue weighted by Crippen LogP contribution is 2.62. The van der Waals surface area contributed by atoms with E-state index in [1.807, 2.05) is 6.07 Å². The van der Waals surface area contributed by atoms with E-state index >= 15 is 0 Å². The van der Waals surface area contributed by atoms with Crippen molar-refractivity contribution in [2.45, 2.75) is 18.0 Å². The molecule has 0 saturated heterocycles. The first-order chi connectivity index (χ1) is 28.7. The summed E-state index contributed by atoms with van der Waals surface area (Å²) in [7, 11) is 0. The molecule has 3 aliphatic carbocycles. The Balaban J connectivity index is 0.970. The summed E-state index contributed by atoms with van der Waals surface area (Å²) in [6.45, 7) is 0. The van der Waals surface area contributed by atoms with E-state index in [4.69, 9.17) is 14.7 Å². The van der Waals surface area contributed by atoms with Crippen molar-refractivity contribution in [3.8, 4) is 33.8 Å². The van der Waals surface area contributed by atoms with Crippen LogP contribution in [0.25, 0.3) is 33.9 Å². The van der Waals surface area contributed by atoms with E-state index in [-0.39, 0.29) is 6.17 Å². The minimum Gasteiger partial charge on any atom is -0.457 e. The molecule has 2 heterocycles. The summed E-state index contributed by atoms with van der Waals surface area (Å²) >= 11 is 0. The Labute approximate surface area is 337 Å². The van der Waals surface area contributed by atoms with Crippen LogP contribution in [-0.2, 0) is 5.41 Å². The molecule has 0 fully saturated rings. The van der Waals surface area contributed by atoms with Gasteiger partial charge >= 0.3 is 0 Å². The fraction of sp³-hybridized carbons (Fsp3) is 0.0741. The number of para-hydroxylation sites is 1. The van der Waals surface area contributed by atoms with E-state index in [0.29, 0.717) is 5.92 Å². The first-order valence-corrected chi connectivity index (χ1v) is 20.1. The van der Waals surface area contributed by atoms with Crippen LogP contribution in [0.2, 0.25) is 0 Å². The van der Waals surface area contributed by atoms with Gasteiger partial charge in [0.2, 0.25) is 0 Å². The number of hydrogen-bond acceptors (Lipinski definition) is 4. The number of aliphatic imine (C=N–C) groups is 2. The molecular weight excluding hydrogens is 707 g/mol. The van der Waals surface area contributed by atoms with Crippen molar-refractivity contribution in [2.75, 3.05) is 0 Å². The van der Waals surface area contributed by atoms with Crippen molar-refractivity contribution >= 4 is 23.3 Å². The van der Waals surface area contributed by atoms with Crippen LogP contribution in [0.5, 0.6) is 11.5 Å². The molecule has 0 bridgehead atoms. The van der Waals surface area contributed by atoms with Crippen LogP contribution < -0.4 is 20.5 Å². The number of nitrogens with one attached hydrogen (secondary N) is 1. The summed E-state index contributed by atoms with van der Waals surface area (Å²) < 4.78 is 6.72. The minimum atomic E-state index is -0.523. The molecule has 2 unspecified atom stereocenters. The van der Waals surface area contributed by atoms with Crippen LogP contribution in [-0.4, -0.2) is 17.8 Å². The molecule has 0 radical (unpaired) electrons. The number of ether oxygens (including phenoxy) is 1. The molecule has 5 aliphatic rings. The molecule has 1 spiro atoms. The second kappa shape index (κ2) is 12.9. The van der Waals surface area contributed by atoms with Crippen molar-refractivity contribution in [2.24, 2.45) is 15.9 Å². The molecule has 0 amide bonds. The maximum absolute atomic E-state index is 6.72. The highest BCUT2D eigenvalue weighted by molar-refractivity contribution is 6.16. The van der Waals surface area contributed by atoms with Gasteiger partial charge in [-0.2, -0.15) is 0 Å². The Kier molecular flexibility index (Phi) is 7.30. The average Bonchev–Trinajstić information content (AvgIpc) is 3.59. The molecule has 1 N–H and O–H groups in total. The Bertz CT molecular complexity index is 3070. The second-order valence-electron chi connectivity index (χ2n) is 15.6. The number of hydrogen-bond donors (Lipinski definition) is 1. The lowest BCUT2D eigenvalue weighted by atomic mass is 9.66. The van der Waals surface area contributed by atoms with Gasteiger partial charge in [-0.1, -0.05) is 170 Å². The van der Waals surface area contributed by atoms with Crippen molar-refractivity contribution in [3.05, 3.63) is 237 Å². The summed E-state index contributed by atoms with van der Waals surface area (Å²) in [6, 6.07) is 60.7. The number of nitrogens with zero attached hydrogens (tertiary/aromatic N) is 2. The fourth-order valence-electron chi connectivity index (χ4n) is 9.91. The Morgan fingerprint density at radius 2 is 1.16 bits per heavy atom. The predicted molar refractivity (Wildman–Crippen MR) is 235 cm³/mol. The van der Waals surface area contributed by atoms with Gasteiger partial charge in [-0.25, -0.2) is 9.98 Å². The molecule has 4 heteroatoms. The molecule has 58 heavy (non-hydrogen) atoms. The summed E-state index contributed by atoms with van der Waals surface area (Å²) in [6.07, 6.45) is 9.83. The number of fused-ring (bicyclic) bond motifs is 11. The van der Waals surface area contributed by atoms with Crippen LogP contribution in [0.4, 0.5) is 0 Å². The lowest BCUT2D eigenvalue weighted by Crippen LogP contribution is -2.38. The molecule has 274 valence electrons. The van der Waals surface area contributed by atoms with Gasteiger partial charge in [0.05, 0.1) is 5.41 Å². The van der Waals surface area contributed by atoms with Crippen LogP contribution in [0, 0.1) is 5.92 Å². The Hall–Kier alpha value is -7.30. The molecule has 0 aromatic heterocycles. The third kappa shape index (κ3) is 4.94. The smallest absolute Gasteiger partial charge is 0.169 e. The molecule has 2 atom stereocenters. The molecular formula is C54H37N3O. The van der Waals surface area contributed by atoms with Gasteiger partial charge in [0.1, 0.15) is 23.2 Å². The third-order valence-electron chi connectivity index (χ3n) is 12.5. The van der Waals surface area contributed by atoms with Gasteiger partial charge in [-0.05, 0) is 85.7 Å². The molecule has 0 saturated carbocycles. The lowest BCUT2D eigenvalue weighted by Gasteiger charge is -2.39. The number of rotatable bonds is 4. The van der Waals surface area contributed by atoms with Gasteiger partial charge in [-0.3, -0.25) is 0 Å². The summed E-state index contributed by atoms with van der Waals surface area (Å²) in [5.41, 5.74) is 13.6. The molecule has 7 aromatic carbocycles. The van der Waals surface area contributed by atoms with Gasteiger partial charge in [0.25, 0.3) is 0 Å². The lowest BCUT2D eigenvalue weighted by molar-refractivity contribution is 0.436. The topological polar surface area (TPSA) is 46.0 Å². The van der Waals surface area contributed by atoms with E-state index in [9.17, 15) is 0 Å². The fourth-order valence-corrected chi connectivity index (χ4v) is 9.91. The van der Waals surface area contributed by atoms with E-state index in [1.165, 1.54) is 38.3 Å². The van der Waals surface area contributed by atoms with Crippen LogP contribution in [0.15, 0.2) is 204 Å². The van der Waals surface area contributed by atoms with Crippen LogP contribution in [0.1, 0.15) is 39.8 Å². The Morgan fingerprint density at radius 3 is 1.98 bits per heavy atom. The van der Waals surface area contributed by atoms with Gasteiger partial charge < -0.3 is 10.1 Å². The van der Waals surface area contributed by atoms with Gasteiger partial charge in [0, 0.05) is 28.2 Å². The van der Waals surface area contributed by atoms with Crippen molar-refractivity contribution in [1.82, 2.24) is 5.32 Å². The SMILES string of the molecule is C1=CC2=c3ccccc3=CCC2C=C1C1N=C(c2ccccc2)NC(c2cccc(-c3ccc4c(c3)C3(c5ccccc5O4)c4ccccc4-c4ccccc43)c2)=N1. The van der Waals surface area contributed by atoms with Crippen molar-refractivity contribution in [1.29, 1.82) is 0 Å². The quantitative estimate of drug-likeness (QED) is 0.195. The first kappa shape index (κ1) is 32.9. The second-order valence-corrected chi connectivity index (χ2v) is 15.6. The van der Waals surface area contributed by atoms with E-state index in [0.717, 1.165) is 68.5 Å². The summed E-state index contributed by atoms with van der Waals surface area (Å²) in [5.74, 6) is 3.69. The molecule has 2 aliphatic heterocycles. The maximum Gasteiger partial charge on any atom is 0.169 e. The van der Waals surface area contributed by atoms with Crippen molar-refractivity contribution < 1.29 is 4.74 Å². The highest BCUT2D eigenvalue weighted by Gasteiger charge is 2.51. The summed E-state index contributed by atoms with van der Waals surface area (Å²) in [4.78, 5) is 10.6. The number of allylic oxidation sites excluding steroid dienone is 2. The minimum absolute atomic E-state index is 0.296. The molecule has 7 aromatic rings. The molecule has 4 nitrogen and oxygen atoms in total. The molecule has 12 rings (SSSR count). The average molecular weight is 744 g/mol. The predicted octanol–water partition coefficient (Wildman–Crippen LogP) is 10.1. The largest absolute Gasteiger partial charge is 0.457 e. The van der Waals surface area contributed by atoms with Gasteiger partial charge in [-0.15, -0.1) is 0 Å². The summed E-state index contributed by atoms with van der Waals surface area (Å²) in [5, 5.41) is 6.27. The monoisotopic (exact) mass is 743 g/mol. The Morgan fingerprint density at radius 1 is 0.517 bits per heavy atom. The van der Waals surface area contributed by atoms with E-state index < -0.39 is 5.41 Å². The number of benzene rings is 7. The zero-order valence-corrected chi connectivity index (χ0v) is 31.6. The zero-order valence-electron chi connectivity index (χ0n) is 31.6. The van der Waals surface area contributed by atoms with Crippen molar-refractivity contribution in [3.63, 3.8) is 0 Å². The van der Waals surface area contributed by atoms with Crippen LogP contribution in [0.3, 0.4) is 0 Å². The van der Waals surface area contributed by atoms with E-state index in [1.54, 1.807) is 0 Å². The first-order valence-electron chi connectivity index (χ1n) is 20.1. The highest BCUT2D eigenvalue weighted by atomic mass is 16.5. The third-order valence-corrected chi connectivity index (χ3v) is 12.5. The maximum atomic E-state index is 6.72. The standard InChI is InChI=1S/C54H37N3O/c1-2-14-35(15-3-1)51-55-52(57-53(56-51)40-27-29-42-38(32-40)26-25-34-13-4-5-18-41(34)42)39-17-12-16-36(31-39)37-28-30-50-48(33-37)54(47-23-10-11-24-49(47)58-50)45-21-8-6-19-43(45)44-20-7-9-22-46(44)54/h1-25,27-33,38,53H,26H2,(H,55,56,57). The van der Waals surface area contributed by atoms with Crippen LogP contribution >= 0.6 is 0 Å². The van der Waals surface area contributed by atoms with E-state index in [2.05, 4.69) is 193 Å². The normalized spacial score (nSPS) is 18.7. The zero-order chi connectivity index (χ0) is 38.2.